The number of hydrogen-bond donors (Lipinski definition) is 0. The Labute approximate surface area is 200 Å². The Morgan fingerprint density at radius 3 is 1.83 bits per heavy atom. The summed E-state index contributed by atoms with van der Waals surface area (Å²) in [7, 11) is -8.09. The van der Waals surface area contributed by atoms with Crippen molar-refractivity contribution in [1.29, 1.82) is 0 Å². The fourth-order valence-corrected chi connectivity index (χ4v) is 6.69. The number of nitro groups is 2. The largest absolute Gasteiger partial charge is 0.490 e. The first-order chi connectivity index (χ1) is 16.5. The molecule has 13 nitrogen and oxygen atoms in total. The quantitative estimate of drug-likeness (QED) is 0.406. The maximum absolute atomic E-state index is 13.2. The highest BCUT2D eigenvalue weighted by atomic mass is 32.2. The smallest absolute Gasteiger partial charge is 0.269 e. The maximum Gasteiger partial charge on any atom is 0.269 e. The third kappa shape index (κ3) is 4.96. The van der Waals surface area contributed by atoms with Crippen LogP contribution in [0.5, 0.6) is 0 Å². The van der Waals surface area contributed by atoms with E-state index in [2.05, 4.69) is 0 Å². The van der Waals surface area contributed by atoms with Crippen molar-refractivity contribution in [1.82, 2.24) is 8.61 Å². The van der Waals surface area contributed by atoms with Crippen molar-refractivity contribution in [3.8, 4) is 0 Å². The van der Waals surface area contributed by atoms with Crippen molar-refractivity contribution in [3.63, 3.8) is 0 Å². The molecule has 186 valence electrons. The van der Waals surface area contributed by atoms with E-state index in [9.17, 15) is 37.1 Å². The zero-order valence-electron chi connectivity index (χ0n) is 18.1. The lowest BCUT2D eigenvalue weighted by molar-refractivity contribution is -0.385. The van der Waals surface area contributed by atoms with Crippen molar-refractivity contribution in [2.75, 3.05) is 19.6 Å². The molecular formula is C20H20N4O9S2. The number of rotatable bonds is 6. The average Bonchev–Trinajstić information content (AvgIpc) is 2.82. The van der Waals surface area contributed by atoms with Crippen LogP contribution in [0.15, 0.2) is 70.3 Å². The Balaban J connectivity index is 1.57. The van der Waals surface area contributed by atoms with Gasteiger partial charge >= 0.3 is 0 Å². The lowest BCUT2D eigenvalue weighted by atomic mass is 10.2. The summed E-state index contributed by atoms with van der Waals surface area (Å²) in [6.45, 7) is -0.149. The molecule has 0 spiro atoms. The molecule has 2 aliphatic rings. The zero-order chi connectivity index (χ0) is 25.4. The molecule has 15 heteroatoms. The van der Waals surface area contributed by atoms with E-state index < -0.39 is 36.0 Å². The summed E-state index contributed by atoms with van der Waals surface area (Å²) >= 11 is 0. The maximum atomic E-state index is 13.2. The normalized spacial score (nSPS) is 19.1. The van der Waals surface area contributed by atoms with E-state index in [0.29, 0.717) is 12.2 Å². The van der Waals surface area contributed by atoms with Crippen LogP contribution in [-0.4, -0.2) is 61.0 Å². The second-order valence-electron chi connectivity index (χ2n) is 7.88. The average molecular weight is 525 g/mol. The summed E-state index contributed by atoms with van der Waals surface area (Å²) in [5, 5.41) is 21.7. The third-order valence-electron chi connectivity index (χ3n) is 5.57. The molecule has 0 saturated carbocycles. The van der Waals surface area contributed by atoms with Gasteiger partial charge in [0.1, 0.15) is 11.9 Å². The van der Waals surface area contributed by atoms with E-state index in [0.717, 1.165) is 52.8 Å². The first-order valence-corrected chi connectivity index (χ1v) is 13.2. The number of hydrogen-bond acceptors (Lipinski definition) is 9. The molecule has 1 saturated heterocycles. The Kier molecular flexibility index (Phi) is 6.48. The van der Waals surface area contributed by atoms with Gasteiger partial charge in [-0.3, -0.25) is 24.5 Å². The highest BCUT2D eigenvalue weighted by molar-refractivity contribution is 7.89. The van der Waals surface area contributed by atoms with Gasteiger partial charge in [-0.05, 0) is 30.7 Å². The van der Waals surface area contributed by atoms with Crippen LogP contribution in [0.2, 0.25) is 0 Å². The van der Waals surface area contributed by atoms with Gasteiger partial charge in [0.25, 0.3) is 21.4 Å². The number of fused-ring (bicyclic) bond motifs is 2. The van der Waals surface area contributed by atoms with Crippen LogP contribution in [0.4, 0.5) is 11.4 Å². The van der Waals surface area contributed by atoms with Crippen LogP contribution < -0.4 is 0 Å². The predicted molar refractivity (Wildman–Crippen MR) is 121 cm³/mol. The molecule has 2 aliphatic heterocycles. The van der Waals surface area contributed by atoms with Gasteiger partial charge in [-0.1, -0.05) is 0 Å². The molecule has 0 aliphatic carbocycles. The lowest BCUT2D eigenvalue weighted by Crippen LogP contribution is -2.47. The molecular weight excluding hydrogens is 504 g/mol. The Bertz CT molecular complexity index is 1390. The van der Waals surface area contributed by atoms with E-state index in [4.69, 9.17) is 4.74 Å². The summed E-state index contributed by atoms with van der Waals surface area (Å²) in [5.41, 5.74) is -0.490. The van der Waals surface area contributed by atoms with Crippen molar-refractivity contribution in [2.24, 2.45) is 0 Å². The molecule has 2 heterocycles. The fraction of sp³-hybridized carbons (Fsp3) is 0.300. The van der Waals surface area contributed by atoms with E-state index >= 15 is 0 Å². The van der Waals surface area contributed by atoms with Gasteiger partial charge in [-0.15, -0.1) is 0 Å². The first-order valence-electron chi connectivity index (χ1n) is 10.4. The van der Waals surface area contributed by atoms with Gasteiger partial charge < -0.3 is 4.74 Å². The van der Waals surface area contributed by atoms with Gasteiger partial charge in [-0.25, -0.2) is 16.8 Å². The van der Waals surface area contributed by atoms with Gasteiger partial charge in [-0.2, -0.15) is 4.31 Å². The second-order valence-corrected chi connectivity index (χ2v) is 11.7. The van der Waals surface area contributed by atoms with Crippen molar-refractivity contribution in [2.45, 2.75) is 28.7 Å². The Morgan fingerprint density at radius 2 is 1.31 bits per heavy atom. The molecule has 4 rings (SSSR count). The SMILES string of the molecule is O=[N+]([O-])c1ccc(S(=O)(=O)N2C=C3CCCN(S(=O)(=O)c4ccc([N+](=O)[O-])cc4)C[C@H](C2)O3)cc1. The Morgan fingerprint density at radius 1 is 0.800 bits per heavy atom. The number of nitro benzene ring substituents is 2. The molecule has 1 atom stereocenters. The summed E-state index contributed by atoms with van der Waals surface area (Å²) in [6.07, 6.45) is 1.19. The van der Waals surface area contributed by atoms with E-state index in [-0.39, 0.29) is 47.2 Å². The van der Waals surface area contributed by atoms with Crippen LogP contribution in [0.1, 0.15) is 12.8 Å². The minimum atomic E-state index is -4.07. The van der Waals surface area contributed by atoms with E-state index in [1.54, 1.807) is 0 Å². The van der Waals surface area contributed by atoms with E-state index in [1.165, 1.54) is 10.5 Å². The number of allylic oxidation sites excluding steroid dienone is 1. The van der Waals surface area contributed by atoms with Crippen LogP contribution in [-0.2, 0) is 24.8 Å². The molecule has 2 aromatic carbocycles. The third-order valence-corrected chi connectivity index (χ3v) is 9.19. The summed E-state index contributed by atoms with van der Waals surface area (Å²) in [6, 6.07) is 9.00. The number of benzene rings is 2. The zero-order valence-corrected chi connectivity index (χ0v) is 19.7. The Hall–Kier alpha value is -3.56. The number of non-ortho nitro benzene ring substituents is 2. The van der Waals surface area contributed by atoms with Crippen molar-refractivity contribution in [3.05, 3.63) is 80.7 Å². The molecule has 2 aromatic rings. The lowest BCUT2D eigenvalue weighted by Gasteiger charge is -2.37. The molecule has 35 heavy (non-hydrogen) atoms. The first kappa shape index (κ1) is 24.6. The molecule has 0 amide bonds. The number of nitrogens with zero attached hydrogens (tertiary/aromatic N) is 4. The minimum Gasteiger partial charge on any atom is -0.490 e. The van der Waals surface area contributed by atoms with Gasteiger partial charge in [0.2, 0.25) is 10.0 Å². The molecule has 0 N–H and O–H groups in total. The van der Waals surface area contributed by atoms with Gasteiger partial charge in [0.05, 0.1) is 38.9 Å². The highest BCUT2D eigenvalue weighted by Crippen LogP contribution is 2.29. The molecule has 2 bridgehead atoms. The topological polar surface area (TPSA) is 170 Å². The molecule has 0 unspecified atom stereocenters. The monoisotopic (exact) mass is 524 g/mol. The van der Waals surface area contributed by atoms with Crippen LogP contribution in [0, 0.1) is 20.2 Å². The summed E-state index contributed by atoms with van der Waals surface area (Å²) in [5.74, 6) is 0.388. The minimum absolute atomic E-state index is 0.120. The highest BCUT2D eigenvalue weighted by Gasteiger charge is 2.36. The van der Waals surface area contributed by atoms with Crippen LogP contribution in [0.3, 0.4) is 0 Å². The van der Waals surface area contributed by atoms with Crippen LogP contribution in [0.25, 0.3) is 0 Å². The fourth-order valence-electron chi connectivity index (χ4n) is 3.81. The van der Waals surface area contributed by atoms with Crippen molar-refractivity contribution >= 4 is 31.4 Å². The standard InChI is InChI=1S/C20H20N4O9S2/c25-23(26)15-3-7-19(8-4-15)34(29,30)21-11-1-2-17-12-22(14-18(13-21)33-17)35(31,32)20-9-5-16(6-10-20)24(27)28/h3-10,12,18H,1-2,11,13-14H2/t18-/m1/s1. The van der Waals surface area contributed by atoms with E-state index in [1.807, 2.05) is 0 Å². The summed E-state index contributed by atoms with van der Waals surface area (Å²) < 4.78 is 60.7. The van der Waals surface area contributed by atoms with Gasteiger partial charge in [0, 0.05) is 37.2 Å². The summed E-state index contributed by atoms with van der Waals surface area (Å²) in [4.78, 5) is 20.2. The van der Waals surface area contributed by atoms with Crippen LogP contribution >= 0.6 is 0 Å². The number of ether oxygens (including phenoxy) is 1. The molecule has 0 radical (unpaired) electrons. The van der Waals surface area contributed by atoms with Crippen molar-refractivity contribution < 1.29 is 31.4 Å². The second kappa shape index (κ2) is 9.24. The molecule has 1 fully saturated rings. The number of sulfonamides is 2. The molecule has 0 aromatic heterocycles. The van der Waals surface area contributed by atoms with Gasteiger partial charge in [0.15, 0.2) is 0 Å². The predicted octanol–water partition coefficient (Wildman–Crippen LogP) is 2.22.